The number of nitrogens with one attached hydrogen (secondary N) is 2. The highest BCUT2D eigenvalue weighted by atomic mass is 19.4. The van der Waals surface area contributed by atoms with Gasteiger partial charge in [-0.15, -0.1) is 0 Å². The predicted octanol–water partition coefficient (Wildman–Crippen LogP) is 5.82. The molecular weight excluding hydrogens is 379 g/mol. The van der Waals surface area contributed by atoms with Crippen molar-refractivity contribution in [3.63, 3.8) is 0 Å². The van der Waals surface area contributed by atoms with Gasteiger partial charge in [0.1, 0.15) is 5.82 Å². The van der Waals surface area contributed by atoms with E-state index in [1.165, 1.54) is 6.07 Å². The second-order valence-electron chi connectivity index (χ2n) is 6.80. The first-order chi connectivity index (χ1) is 13.8. The number of halogens is 3. The van der Waals surface area contributed by atoms with Gasteiger partial charge in [-0.2, -0.15) is 18.2 Å². The van der Waals surface area contributed by atoms with Gasteiger partial charge in [0, 0.05) is 35.8 Å². The number of aromatic nitrogens is 3. The zero-order valence-corrected chi connectivity index (χ0v) is 16.4. The van der Waals surface area contributed by atoms with Gasteiger partial charge < -0.3 is 10.6 Å². The molecule has 5 nitrogen and oxygen atoms in total. The summed E-state index contributed by atoms with van der Waals surface area (Å²) in [5.41, 5.74) is 1.78. The Labute approximate surface area is 167 Å². The molecule has 2 heterocycles. The number of alkyl halides is 3. The first-order valence-electron chi connectivity index (χ1n) is 9.27. The summed E-state index contributed by atoms with van der Waals surface area (Å²) in [4.78, 5) is 13.0. The van der Waals surface area contributed by atoms with Crippen molar-refractivity contribution < 1.29 is 13.2 Å². The van der Waals surface area contributed by atoms with Gasteiger partial charge in [0.2, 0.25) is 5.95 Å². The molecule has 2 aromatic heterocycles. The zero-order chi connectivity index (χ0) is 21.0. The molecule has 0 unspecified atom stereocenters. The summed E-state index contributed by atoms with van der Waals surface area (Å²) in [6.07, 6.45) is -0.230. The van der Waals surface area contributed by atoms with E-state index in [4.69, 9.17) is 0 Å². The number of aryl methyl sites for hydroxylation is 1. The van der Waals surface area contributed by atoms with Crippen LogP contribution in [-0.2, 0) is 6.18 Å². The minimum absolute atomic E-state index is 0.144. The number of benzene rings is 1. The maximum Gasteiger partial charge on any atom is 0.416 e. The quantitative estimate of drug-likeness (QED) is 0.545. The number of hydrogen-bond donors (Lipinski definition) is 2. The van der Waals surface area contributed by atoms with Gasteiger partial charge >= 0.3 is 6.18 Å². The van der Waals surface area contributed by atoms with Gasteiger partial charge in [-0.3, -0.25) is 4.98 Å². The highest BCUT2D eigenvalue weighted by molar-refractivity contribution is 5.68. The Morgan fingerprint density at radius 1 is 1.03 bits per heavy atom. The third-order valence-corrected chi connectivity index (χ3v) is 4.52. The molecule has 0 bridgehead atoms. The van der Waals surface area contributed by atoms with Crippen molar-refractivity contribution >= 4 is 17.5 Å². The van der Waals surface area contributed by atoms with Crippen molar-refractivity contribution in [3.05, 3.63) is 59.9 Å². The molecule has 3 aromatic rings. The lowest BCUT2D eigenvalue weighted by Crippen LogP contribution is -2.16. The molecule has 0 aliphatic carbocycles. The van der Waals surface area contributed by atoms with E-state index in [1.54, 1.807) is 25.4 Å². The normalized spacial score (nSPS) is 12.5. The molecule has 152 valence electrons. The van der Waals surface area contributed by atoms with Gasteiger partial charge in [-0.05, 0) is 50.1 Å². The molecule has 1 atom stereocenters. The SMILES string of the molecule is CC[C@H](C)Nc1nc(Nc2cc(C(F)(F)F)ccc2C)cc(-c2ccncc2)n1. The van der Waals surface area contributed by atoms with E-state index in [2.05, 4.69) is 25.6 Å². The molecular formula is C21H22F3N5. The summed E-state index contributed by atoms with van der Waals surface area (Å²) in [5.74, 6) is 0.806. The summed E-state index contributed by atoms with van der Waals surface area (Å²) < 4.78 is 39.3. The fourth-order valence-electron chi connectivity index (χ4n) is 2.64. The van der Waals surface area contributed by atoms with Gasteiger partial charge in [-0.25, -0.2) is 4.98 Å². The number of anilines is 3. The average Bonchev–Trinajstić information content (AvgIpc) is 2.69. The molecule has 2 N–H and O–H groups in total. The van der Waals surface area contributed by atoms with E-state index in [0.29, 0.717) is 28.7 Å². The molecule has 0 saturated carbocycles. The van der Waals surface area contributed by atoms with Gasteiger partial charge in [-0.1, -0.05) is 13.0 Å². The van der Waals surface area contributed by atoms with Crippen LogP contribution in [0.15, 0.2) is 48.8 Å². The Balaban J connectivity index is 2.01. The fourth-order valence-corrected chi connectivity index (χ4v) is 2.64. The highest BCUT2D eigenvalue weighted by Gasteiger charge is 2.30. The molecule has 8 heteroatoms. The molecule has 0 spiro atoms. The van der Waals surface area contributed by atoms with Crippen LogP contribution in [0.1, 0.15) is 31.4 Å². The number of pyridine rings is 1. The largest absolute Gasteiger partial charge is 0.416 e. The van der Waals surface area contributed by atoms with Gasteiger partial charge in [0.05, 0.1) is 11.3 Å². The van der Waals surface area contributed by atoms with E-state index in [0.717, 1.165) is 24.1 Å². The van der Waals surface area contributed by atoms with E-state index in [-0.39, 0.29) is 6.04 Å². The van der Waals surface area contributed by atoms with Crippen LogP contribution in [0.4, 0.5) is 30.6 Å². The van der Waals surface area contributed by atoms with Crippen LogP contribution < -0.4 is 10.6 Å². The zero-order valence-electron chi connectivity index (χ0n) is 16.4. The van der Waals surface area contributed by atoms with Crippen LogP contribution in [0, 0.1) is 6.92 Å². The molecule has 0 radical (unpaired) electrons. The topological polar surface area (TPSA) is 62.7 Å². The summed E-state index contributed by atoms with van der Waals surface area (Å²) in [7, 11) is 0. The van der Waals surface area contributed by atoms with E-state index in [9.17, 15) is 13.2 Å². The third kappa shape index (κ3) is 5.22. The maximum atomic E-state index is 13.1. The highest BCUT2D eigenvalue weighted by Crippen LogP contribution is 2.33. The van der Waals surface area contributed by atoms with E-state index >= 15 is 0 Å². The van der Waals surface area contributed by atoms with Gasteiger partial charge in [0.15, 0.2) is 0 Å². The van der Waals surface area contributed by atoms with Crippen LogP contribution >= 0.6 is 0 Å². The van der Waals surface area contributed by atoms with Crippen LogP contribution in [0.25, 0.3) is 11.3 Å². The maximum absolute atomic E-state index is 13.1. The van der Waals surface area contributed by atoms with Crippen molar-refractivity contribution in [2.24, 2.45) is 0 Å². The van der Waals surface area contributed by atoms with Gasteiger partial charge in [0.25, 0.3) is 0 Å². The third-order valence-electron chi connectivity index (χ3n) is 4.52. The molecule has 0 fully saturated rings. The second kappa shape index (κ2) is 8.46. The number of rotatable bonds is 6. The van der Waals surface area contributed by atoms with Crippen molar-refractivity contribution in [1.29, 1.82) is 0 Å². The summed E-state index contributed by atoms with van der Waals surface area (Å²) in [5, 5.41) is 6.24. The Morgan fingerprint density at radius 2 is 1.76 bits per heavy atom. The van der Waals surface area contributed by atoms with Crippen LogP contribution in [0.2, 0.25) is 0 Å². The molecule has 1 aromatic carbocycles. The van der Waals surface area contributed by atoms with Crippen molar-refractivity contribution in [3.8, 4) is 11.3 Å². The summed E-state index contributed by atoms with van der Waals surface area (Å²) in [6, 6.07) is 9.07. The average molecular weight is 401 g/mol. The number of hydrogen-bond acceptors (Lipinski definition) is 5. The Kier molecular flexibility index (Phi) is 6.00. The molecule has 0 aliphatic heterocycles. The fraction of sp³-hybridized carbons (Fsp3) is 0.286. The molecule has 0 aliphatic rings. The first kappa shape index (κ1) is 20.6. The smallest absolute Gasteiger partial charge is 0.352 e. The minimum atomic E-state index is -4.42. The molecule has 3 rings (SSSR count). The molecule has 0 amide bonds. The Hall–Kier alpha value is -3.16. The minimum Gasteiger partial charge on any atom is -0.352 e. The Bertz CT molecular complexity index is 974. The lowest BCUT2D eigenvalue weighted by molar-refractivity contribution is -0.137. The summed E-state index contributed by atoms with van der Waals surface area (Å²) in [6.45, 7) is 5.79. The monoisotopic (exact) mass is 401 g/mol. The molecule has 0 saturated heterocycles. The Morgan fingerprint density at radius 3 is 2.41 bits per heavy atom. The summed E-state index contributed by atoms with van der Waals surface area (Å²) >= 11 is 0. The second-order valence-corrected chi connectivity index (χ2v) is 6.80. The van der Waals surface area contributed by atoms with Crippen molar-refractivity contribution in [1.82, 2.24) is 15.0 Å². The lowest BCUT2D eigenvalue weighted by atomic mass is 10.1. The first-order valence-corrected chi connectivity index (χ1v) is 9.27. The molecule has 29 heavy (non-hydrogen) atoms. The van der Waals surface area contributed by atoms with Crippen molar-refractivity contribution in [2.75, 3.05) is 10.6 Å². The van der Waals surface area contributed by atoms with Crippen LogP contribution in [0.3, 0.4) is 0 Å². The standard InChI is InChI=1S/C21H22F3N5/c1-4-14(3)26-20-28-18(15-7-9-25-10-8-15)12-19(29-20)27-17-11-16(21(22,23)24)6-5-13(17)2/h5-12,14H,4H2,1-3H3,(H2,26,27,28,29)/t14-/m0/s1. The van der Waals surface area contributed by atoms with Crippen LogP contribution in [-0.4, -0.2) is 21.0 Å². The van der Waals surface area contributed by atoms with E-state index < -0.39 is 11.7 Å². The predicted molar refractivity (Wildman–Crippen MR) is 108 cm³/mol. The van der Waals surface area contributed by atoms with E-state index in [1.807, 2.05) is 26.0 Å². The van der Waals surface area contributed by atoms with Crippen molar-refractivity contribution in [2.45, 2.75) is 39.4 Å². The number of nitrogens with zero attached hydrogens (tertiary/aromatic N) is 3. The lowest BCUT2D eigenvalue weighted by Gasteiger charge is -2.16. The van der Waals surface area contributed by atoms with Crippen LogP contribution in [0.5, 0.6) is 0 Å².